The van der Waals surface area contributed by atoms with Crippen LogP contribution >= 0.6 is 0 Å². The maximum atomic E-state index is 13.2. The van der Waals surface area contributed by atoms with Gasteiger partial charge in [0.2, 0.25) is 0 Å². The number of fused-ring (bicyclic) bond motifs is 1. The molecule has 5 heteroatoms. The number of aromatic amines is 1. The molecule has 0 unspecified atom stereocenters. The molecule has 1 aromatic carbocycles. The number of piperidine rings is 1. The number of rotatable bonds is 3. The highest BCUT2D eigenvalue weighted by Gasteiger charge is 2.20. The predicted octanol–water partition coefficient (Wildman–Crippen LogP) is 2.91. The molecule has 1 aromatic heterocycles. The lowest BCUT2D eigenvalue weighted by molar-refractivity contribution is 0.122. The van der Waals surface area contributed by atoms with E-state index in [9.17, 15) is 4.79 Å². The molecule has 2 saturated heterocycles. The van der Waals surface area contributed by atoms with Crippen LogP contribution in [0.1, 0.15) is 31.0 Å². The molecule has 1 N–H and O–H groups in total. The summed E-state index contributed by atoms with van der Waals surface area (Å²) in [7, 11) is 0. The molecule has 0 aliphatic carbocycles. The van der Waals surface area contributed by atoms with Gasteiger partial charge in [-0.2, -0.15) is 0 Å². The summed E-state index contributed by atoms with van der Waals surface area (Å²) in [5.74, 6) is 0.719. The Labute approximate surface area is 154 Å². The highest BCUT2D eigenvalue weighted by molar-refractivity contribution is 5.83. The van der Waals surface area contributed by atoms with Gasteiger partial charge < -0.3 is 14.6 Å². The molecule has 0 radical (unpaired) electrons. The third kappa shape index (κ3) is 3.51. The van der Waals surface area contributed by atoms with Gasteiger partial charge in [0.1, 0.15) is 0 Å². The van der Waals surface area contributed by atoms with Crippen molar-refractivity contribution in [1.82, 2.24) is 9.88 Å². The van der Waals surface area contributed by atoms with Crippen LogP contribution in [0.4, 0.5) is 5.69 Å². The van der Waals surface area contributed by atoms with Gasteiger partial charge in [0.25, 0.3) is 0 Å². The quantitative estimate of drug-likeness (QED) is 0.920. The minimum absolute atomic E-state index is 0.185. The normalized spacial score (nSPS) is 22.1. The summed E-state index contributed by atoms with van der Waals surface area (Å²) in [4.78, 5) is 21.4. The molecular weight excluding hydrogens is 326 g/mol. The fraction of sp³-hybridized carbons (Fsp3) is 0.571. The van der Waals surface area contributed by atoms with Gasteiger partial charge in [0, 0.05) is 54.0 Å². The van der Waals surface area contributed by atoms with Crippen molar-refractivity contribution in [2.75, 3.05) is 44.3 Å². The third-order valence-corrected chi connectivity index (χ3v) is 5.80. The summed E-state index contributed by atoms with van der Waals surface area (Å²) < 4.78 is 5.45. The highest BCUT2D eigenvalue weighted by Crippen LogP contribution is 2.23. The average Bonchev–Trinajstić information content (AvgIpc) is 2.66. The highest BCUT2D eigenvalue weighted by atomic mass is 16.5. The number of ether oxygens (including phenoxy) is 1. The molecule has 0 saturated carbocycles. The molecular formula is C21H29N3O2. The van der Waals surface area contributed by atoms with Crippen LogP contribution in [-0.4, -0.2) is 49.3 Å². The van der Waals surface area contributed by atoms with Crippen molar-refractivity contribution in [2.45, 2.75) is 33.2 Å². The van der Waals surface area contributed by atoms with E-state index < -0.39 is 0 Å². The predicted molar refractivity (Wildman–Crippen MR) is 106 cm³/mol. The monoisotopic (exact) mass is 355 g/mol. The Hall–Kier alpha value is -1.85. The molecule has 0 bridgehead atoms. The number of anilines is 1. The molecule has 0 amide bonds. The maximum absolute atomic E-state index is 13.2. The third-order valence-electron chi connectivity index (χ3n) is 5.80. The van der Waals surface area contributed by atoms with Crippen molar-refractivity contribution in [3.05, 3.63) is 39.7 Å². The second-order valence-electron chi connectivity index (χ2n) is 7.87. The van der Waals surface area contributed by atoms with Gasteiger partial charge in [0.15, 0.2) is 5.43 Å². The zero-order chi connectivity index (χ0) is 18.1. The smallest absolute Gasteiger partial charge is 0.194 e. The van der Waals surface area contributed by atoms with Crippen LogP contribution in [-0.2, 0) is 11.3 Å². The molecule has 2 aliphatic heterocycles. The molecule has 2 aromatic rings. The lowest BCUT2D eigenvalue weighted by Crippen LogP contribution is -2.36. The number of aryl methyl sites for hydroxylation is 1. The number of pyridine rings is 1. The van der Waals surface area contributed by atoms with Crippen molar-refractivity contribution < 1.29 is 4.74 Å². The van der Waals surface area contributed by atoms with Crippen molar-refractivity contribution in [2.24, 2.45) is 5.92 Å². The van der Waals surface area contributed by atoms with Crippen molar-refractivity contribution in [3.63, 3.8) is 0 Å². The fourth-order valence-corrected chi connectivity index (χ4v) is 4.30. The number of morpholine rings is 1. The number of benzene rings is 1. The van der Waals surface area contributed by atoms with Crippen molar-refractivity contribution in [3.8, 4) is 0 Å². The van der Waals surface area contributed by atoms with Crippen LogP contribution in [0.2, 0.25) is 0 Å². The Kier molecular flexibility index (Phi) is 5.00. The van der Waals surface area contributed by atoms with E-state index in [-0.39, 0.29) is 5.43 Å². The summed E-state index contributed by atoms with van der Waals surface area (Å²) in [6, 6.07) is 6.21. The number of H-pyrrole nitrogens is 1. The molecule has 4 rings (SSSR count). The molecule has 2 fully saturated rings. The summed E-state index contributed by atoms with van der Waals surface area (Å²) >= 11 is 0. The molecule has 140 valence electrons. The second kappa shape index (κ2) is 7.41. The van der Waals surface area contributed by atoms with Gasteiger partial charge in [-0.25, -0.2) is 0 Å². The van der Waals surface area contributed by atoms with Gasteiger partial charge in [0.05, 0.1) is 13.2 Å². The van der Waals surface area contributed by atoms with E-state index in [1.165, 1.54) is 12.8 Å². The van der Waals surface area contributed by atoms with Crippen LogP contribution in [0.5, 0.6) is 0 Å². The SMILES string of the molecule is Cc1[nH]c2ccc(N3CCOCC3)cc2c(=O)c1CN1CCC[C@@H](C)C1. The number of aromatic nitrogens is 1. The van der Waals surface area contributed by atoms with Gasteiger partial charge in [-0.3, -0.25) is 9.69 Å². The molecule has 2 aliphatic rings. The van der Waals surface area contributed by atoms with E-state index in [2.05, 4.69) is 33.8 Å². The van der Waals surface area contributed by atoms with Crippen LogP contribution < -0.4 is 10.3 Å². The van der Waals surface area contributed by atoms with Gasteiger partial charge in [-0.05, 0) is 50.4 Å². The minimum atomic E-state index is 0.185. The number of hydrogen-bond donors (Lipinski definition) is 1. The van der Waals surface area contributed by atoms with Crippen molar-refractivity contribution in [1.29, 1.82) is 0 Å². The Morgan fingerprint density at radius 2 is 2.04 bits per heavy atom. The largest absolute Gasteiger partial charge is 0.378 e. The first-order valence-electron chi connectivity index (χ1n) is 9.82. The molecule has 26 heavy (non-hydrogen) atoms. The first-order chi connectivity index (χ1) is 12.6. The average molecular weight is 355 g/mol. The number of hydrogen-bond acceptors (Lipinski definition) is 4. The van der Waals surface area contributed by atoms with E-state index in [1.54, 1.807) is 0 Å². The molecule has 3 heterocycles. The van der Waals surface area contributed by atoms with Crippen molar-refractivity contribution >= 4 is 16.6 Å². The zero-order valence-electron chi connectivity index (χ0n) is 15.9. The van der Waals surface area contributed by atoms with E-state index in [0.717, 1.165) is 79.7 Å². The molecule has 5 nitrogen and oxygen atoms in total. The van der Waals surface area contributed by atoms with E-state index in [0.29, 0.717) is 0 Å². The summed E-state index contributed by atoms with van der Waals surface area (Å²) in [6.45, 7) is 10.5. The standard InChI is InChI=1S/C21H29N3O2/c1-15-4-3-7-23(13-15)14-19-16(2)22-20-6-5-17(12-18(20)21(19)25)24-8-10-26-11-9-24/h5-6,12,15H,3-4,7-11,13-14H2,1-2H3,(H,22,25)/t15-/m1/s1. The number of nitrogens with one attached hydrogen (secondary N) is 1. The van der Waals surface area contributed by atoms with Crippen LogP contribution in [0.15, 0.2) is 23.0 Å². The second-order valence-corrected chi connectivity index (χ2v) is 7.87. The summed E-state index contributed by atoms with van der Waals surface area (Å²) in [6.07, 6.45) is 2.53. The van der Waals surface area contributed by atoms with Crippen LogP contribution in [0, 0.1) is 12.8 Å². The van der Waals surface area contributed by atoms with Gasteiger partial charge in [-0.1, -0.05) is 6.92 Å². The molecule has 1 atom stereocenters. The minimum Gasteiger partial charge on any atom is -0.378 e. The number of likely N-dealkylation sites (tertiary alicyclic amines) is 1. The summed E-state index contributed by atoms with van der Waals surface area (Å²) in [5.41, 5.74) is 4.16. The lowest BCUT2D eigenvalue weighted by atomic mass is 9.99. The maximum Gasteiger partial charge on any atom is 0.194 e. The number of nitrogens with zero attached hydrogens (tertiary/aromatic N) is 2. The Bertz CT molecular complexity index is 839. The van der Waals surface area contributed by atoms with Crippen LogP contribution in [0.3, 0.4) is 0 Å². The zero-order valence-corrected chi connectivity index (χ0v) is 15.9. The fourth-order valence-electron chi connectivity index (χ4n) is 4.30. The van der Waals surface area contributed by atoms with Gasteiger partial charge in [-0.15, -0.1) is 0 Å². The molecule has 0 spiro atoms. The Balaban J connectivity index is 1.67. The lowest BCUT2D eigenvalue weighted by Gasteiger charge is -2.31. The Morgan fingerprint density at radius 1 is 1.23 bits per heavy atom. The topological polar surface area (TPSA) is 48.6 Å². The van der Waals surface area contributed by atoms with Gasteiger partial charge >= 0.3 is 0 Å². The van der Waals surface area contributed by atoms with Crippen LogP contribution in [0.25, 0.3) is 10.9 Å². The van der Waals surface area contributed by atoms with E-state index >= 15 is 0 Å². The first-order valence-corrected chi connectivity index (χ1v) is 9.82. The Morgan fingerprint density at radius 3 is 2.81 bits per heavy atom. The summed E-state index contributed by atoms with van der Waals surface area (Å²) in [5, 5.41) is 0.805. The van der Waals surface area contributed by atoms with E-state index in [1.807, 2.05) is 13.0 Å². The van der Waals surface area contributed by atoms with E-state index in [4.69, 9.17) is 4.74 Å². The first kappa shape index (κ1) is 17.6.